The number of rotatable bonds is 4. The Morgan fingerprint density at radius 2 is 1.90 bits per heavy atom. The quantitative estimate of drug-likeness (QED) is 0.928. The van der Waals surface area contributed by atoms with Crippen molar-refractivity contribution in [1.82, 2.24) is 5.32 Å². The van der Waals surface area contributed by atoms with Gasteiger partial charge in [0.2, 0.25) is 0 Å². The number of nitrogens with one attached hydrogen (secondary N) is 1. The Bertz CT molecular complexity index is 640. The predicted octanol–water partition coefficient (Wildman–Crippen LogP) is 3.61. The summed E-state index contributed by atoms with van der Waals surface area (Å²) >= 11 is 0. The van der Waals surface area contributed by atoms with E-state index in [1.54, 1.807) is 6.07 Å². The topological polar surface area (TPSA) is 21.3 Å². The maximum atomic E-state index is 13.5. The Balaban J connectivity index is 1.88. The molecule has 1 fully saturated rings. The van der Waals surface area contributed by atoms with E-state index in [0.717, 1.165) is 30.5 Å². The number of benzene rings is 2. The summed E-state index contributed by atoms with van der Waals surface area (Å²) in [5.74, 6) is -0.663. The van der Waals surface area contributed by atoms with E-state index < -0.39 is 11.6 Å². The molecule has 2 aromatic carbocycles. The van der Waals surface area contributed by atoms with Gasteiger partial charge in [-0.25, -0.2) is 8.78 Å². The molecule has 0 radical (unpaired) electrons. The molecule has 21 heavy (non-hydrogen) atoms. The second kappa shape index (κ2) is 5.82. The van der Waals surface area contributed by atoms with Gasteiger partial charge in [0.25, 0.3) is 0 Å². The lowest BCUT2D eigenvalue weighted by atomic mass is 9.90. The highest BCUT2D eigenvalue weighted by atomic mass is 19.2. The van der Waals surface area contributed by atoms with Crippen molar-refractivity contribution in [2.75, 3.05) is 13.1 Å². The first-order valence-electron chi connectivity index (χ1n) is 7.02. The van der Waals surface area contributed by atoms with E-state index in [2.05, 4.69) is 5.32 Å². The van der Waals surface area contributed by atoms with Crippen molar-refractivity contribution < 1.29 is 13.5 Å². The smallest absolute Gasteiger partial charge is 0.159 e. The molecule has 1 saturated heterocycles. The zero-order valence-corrected chi connectivity index (χ0v) is 11.8. The molecular weight excluding hydrogens is 272 g/mol. The lowest BCUT2D eigenvalue weighted by Crippen LogP contribution is -2.46. The van der Waals surface area contributed by atoms with E-state index >= 15 is 0 Å². The molecule has 110 valence electrons. The summed E-state index contributed by atoms with van der Waals surface area (Å²) < 4.78 is 32.6. The minimum Gasteiger partial charge on any atom is -0.485 e. The van der Waals surface area contributed by atoms with E-state index in [9.17, 15) is 8.78 Å². The summed E-state index contributed by atoms with van der Waals surface area (Å²) in [7, 11) is 0. The van der Waals surface area contributed by atoms with Gasteiger partial charge in [-0.3, -0.25) is 0 Å². The van der Waals surface area contributed by atoms with Crippen LogP contribution in [0, 0.1) is 24.5 Å². The lowest BCUT2D eigenvalue weighted by Gasteiger charge is -2.35. The van der Waals surface area contributed by atoms with Crippen molar-refractivity contribution in [3.8, 4) is 5.75 Å². The summed E-state index contributed by atoms with van der Waals surface area (Å²) in [4.78, 5) is 0. The highest BCUT2D eigenvalue weighted by Gasteiger charge is 2.30. The Morgan fingerprint density at radius 3 is 2.52 bits per heavy atom. The molecular formula is C17H17F2NO. The minimum atomic E-state index is -0.836. The maximum absolute atomic E-state index is 13.5. The first-order valence-corrected chi connectivity index (χ1v) is 7.02. The summed E-state index contributed by atoms with van der Waals surface area (Å²) in [6.07, 6.45) is -0.275. The Labute approximate surface area is 122 Å². The third kappa shape index (κ3) is 3.05. The number of hydrogen-bond acceptors (Lipinski definition) is 2. The van der Waals surface area contributed by atoms with Crippen LogP contribution in [0.25, 0.3) is 0 Å². The van der Waals surface area contributed by atoms with Crippen molar-refractivity contribution in [2.45, 2.75) is 13.0 Å². The number of aryl methyl sites for hydroxylation is 1. The average Bonchev–Trinajstić information content (AvgIpc) is 2.39. The molecule has 0 aromatic heterocycles. The minimum absolute atomic E-state index is 0.260. The standard InChI is InChI=1S/C17H17F2NO/c1-11-3-2-4-14(7-11)21-17(13-9-20-10-13)12-5-6-15(18)16(19)8-12/h2-8,13,17,20H,9-10H2,1H3. The van der Waals surface area contributed by atoms with E-state index in [1.807, 2.05) is 31.2 Å². The van der Waals surface area contributed by atoms with Gasteiger partial charge in [-0.15, -0.1) is 0 Å². The van der Waals surface area contributed by atoms with Gasteiger partial charge in [-0.2, -0.15) is 0 Å². The number of halogens is 2. The van der Waals surface area contributed by atoms with Gasteiger partial charge in [-0.05, 0) is 42.3 Å². The summed E-state index contributed by atoms with van der Waals surface area (Å²) in [5.41, 5.74) is 1.77. The molecule has 0 spiro atoms. The molecule has 1 unspecified atom stereocenters. The second-order valence-electron chi connectivity index (χ2n) is 5.45. The van der Waals surface area contributed by atoms with Gasteiger partial charge in [0.05, 0.1) is 0 Å². The first kappa shape index (κ1) is 14.0. The molecule has 0 saturated carbocycles. The molecule has 3 rings (SSSR count). The van der Waals surface area contributed by atoms with Crippen molar-refractivity contribution in [2.24, 2.45) is 5.92 Å². The van der Waals surface area contributed by atoms with Crippen LogP contribution in [0.15, 0.2) is 42.5 Å². The molecule has 1 aliphatic heterocycles. The summed E-state index contributed by atoms with van der Waals surface area (Å²) in [6, 6.07) is 11.7. The van der Waals surface area contributed by atoms with Crippen LogP contribution in [0.1, 0.15) is 17.2 Å². The summed E-state index contributed by atoms with van der Waals surface area (Å²) in [5, 5.41) is 3.19. The predicted molar refractivity (Wildman–Crippen MR) is 77.3 cm³/mol. The molecule has 2 aromatic rings. The van der Waals surface area contributed by atoms with Gasteiger partial charge in [0.15, 0.2) is 11.6 Å². The maximum Gasteiger partial charge on any atom is 0.159 e. The van der Waals surface area contributed by atoms with Gasteiger partial charge < -0.3 is 10.1 Å². The fourth-order valence-electron chi connectivity index (χ4n) is 2.49. The van der Waals surface area contributed by atoms with E-state index in [-0.39, 0.29) is 12.0 Å². The van der Waals surface area contributed by atoms with Crippen LogP contribution < -0.4 is 10.1 Å². The molecule has 0 aliphatic carbocycles. The fraction of sp³-hybridized carbons (Fsp3) is 0.294. The van der Waals surface area contributed by atoms with Crippen molar-refractivity contribution >= 4 is 0 Å². The number of ether oxygens (including phenoxy) is 1. The van der Waals surface area contributed by atoms with E-state index in [1.165, 1.54) is 6.07 Å². The highest BCUT2D eigenvalue weighted by molar-refractivity contribution is 5.30. The Hall–Kier alpha value is -1.94. The molecule has 1 heterocycles. The molecule has 4 heteroatoms. The zero-order chi connectivity index (χ0) is 14.8. The van der Waals surface area contributed by atoms with Crippen LogP contribution >= 0.6 is 0 Å². The van der Waals surface area contributed by atoms with Gasteiger partial charge in [0.1, 0.15) is 11.9 Å². The molecule has 2 nitrogen and oxygen atoms in total. The van der Waals surface area contributed by atoms with Crippen LogP contribution in [0.4, 0.5) is 8.78 Å². The lowest BCUT2D eigenvalue weighted by molar-refractivity contribution is 0.0989. The number of hydrogen-bond donors (Lipinski definition) is 1. The molecule has 0 amide bonds. The molecule has 1 N–H and O–H groups in total. The largest absolute Gasteiger partial charge is 0.485 e. The fourth-order valence-corrected chi connectivity index (χ4v) is 2.49. The van der Waals surface area contributed by atoms with Gasteiger partial charge in [-0.1, -0.05) is 18.2 Å². The first-order chi connectivity index (χ1) is 10.1. The van der Waals surface area contributed by atoms with Crippen LogP contribution in [-0.4, -0.2) is 13.1 Å². The summed E-state index contributed by atoms with van der Waals surface area (Å²) in [6.45, 7) is 3.62. The van der Waals surface area contributed by atoms with E-state index in [4.69, 9.17) is 4.74 Å². The average molecular weight is 289 g/mol. The molecule has 1 aliphatic rings. The van der Waals surface area contributed by atoms with Crippen LogP contribution in [0.2, 0.25) is 0 Å². The van der Waals surface area contributed by atoms with Crippen LogP contribution in [-0.2, 0) is 0 Å². The van der Waals surface area contributed by atoms with Gasteiger partial charge >= 0.3 is 0 Å². The monoisotopic (exact) mass is 289 g/mol. The SMILES string of the molecule is Cc1cccc(OC(c2ccc(F)c(F)c2)C2CNC2)c1. The molecule has 1 atom stereocenters. The van der Waals surface area contributed by atoms with Crippen molar-refractivity contribution in [3.05, 3.63) is 65.2 Å². The van der Waals surface area contributed by atoms with Crippen LogP contribution in [0.3, 0.4) is 0 Å². The van der Waals surface area contributed by atoms with Gasteiger partial charge in [0, 0.05) is 19.0 Å². The van der Waals surface area contributed by atoms with Crippen molar-refractivity contribution in [1.29, 1.82) is 0 Å². The zero-order valence-electron chi connectivity index (χ0n) is 11.8. The Morgan fingerprint density at radius 1 is 1.10 bits per heavy atom. The third-order valence-electron chi connectivity index (χ3n) is 3.77. The van der Waals surface area contributed by atoms with Crippen molar-refractivity contribution in [3.63, 3.8) is 0 Å². The van der Waals surface area contributed by atoms with E-state index in [0.29, 0.717) is 5.56 Å². The second-order valence-corrected chi connectivity index (χ2v) is 5.45. The molecule has 0 bridgehead atoms. The highest BCUT2D eigenvalue weighted by Crippen LogP contribution is 2.31. The normalized spacial score (nSPS) is 16.3. The van der Waals surface area contributed by atoms with Crippen LogP contribution in [0.5, 0.6) is 5.75 Å². The third-order valence-corrected chi connectivity index (χ3v) is 3.77. The Kier molecular flexibility index (Phi) is 3.88.